The van der Waals surface area contributed by atoms with Crippen molar-refractivity contribution >= 4 is 16.7 Å². The molecule has 1 amide bonds. The van der Waals surface area contributed by atoms with Gasteiger partial charge in [0.1, 0.15) is 11.5 Å². The van der Waals surface area contributed by atoms with Gasteiger partial charge in [0, 0.05) is 22.1 Å². The standard InChI is InChI=1S/C16H17NO3S/c1-20-15-8-3-2-7-14(15)13-6-4-5-12(9-13)10-21(19)11-16(17)18/h2-9H,10-11H2,1H3,(H2,17,18)/t21-/m0/s1. The molecule has 2 N–H and O–H groups in total. The number of para-hydroxylation sites is 1. The monoisotopic (exact) mass is 303 g/mol. The molecule has 0 fully saturated rings. The van der Waals surface area contributed by atoms with E-state index in [2.05, 4.69) is 0 Å². The Hall–Kier alpha value is -2.14. The Kier molecular flexibility index (Phi) is 5.11. The van der Waals surface area contributed by atoms with Crippen molar-refractivity contribution in [2.45, 2.75) is 5.75 Å². The van der Waals surface area contributed by atoms with Gasteiger partial charge in [-0.2, -0.15) is 0 Å². The van der Waals surface area contributed by atoms with E-state index < -0.39 is 16.7 Å². The lowest BCUT2D eigenvalue weighted by Gasteiger charge is -2.09. The van der Waals surface area contributed by atoms with Gasteiger partial charge in [0.25, 0.3) is 0 Å². The van der Waals surface area contributed by atoms with Gasteiger partial charge in [-0.15, -0.1) is 0 Å². The average molecular weight is 303 g/mol. The van der Waals surface area contributed by atoms with E-state index >= 15 is 0 Å². The Bertz CT molecular complexity index is 670. The summed E-state index contributed by atoms with van der Waals surface area (Å²) in [6.45, 7) is 0. The minimum Gasteiger partial charge on any atom is -0.496 e. The van der Waals surface area contributed by atoms with Gasteiger partial charge < -0.3 is 10.5 Å². The van der Waals surface area contributed by atoms with Crippen molar-refractivity contribution in [2.24, 2.45) is 5.73 Å². The summed E-state index contributed by atoms with van der Waals surface area (Å²) in [5.74, 6) is 0.437. The highest BCUT2D eigenvalue weighted by Gasteiger charge is 2.08. The van der Waals surface area contributed by atoms with Crippen LogP contribution < -0.4 is 10.5 Å². The number of amides is 1. The number of hydrogen-bond acceptors (Lipinski definition) is 3. The van der Waals surface area contributed by atoms with Crippen molar-refractivity contribution < 1.29 is 13.7 Å². The molecule has 0 aliphatic rings. The van der Waals surface area contributed by atoms with Crippen molar-refractivity contribution in [3.63, 3.8) is 0 Å². The predicted octanol–water partition coefficient (Wildman–Crippen LogP) is 2.10. The lowest BCUT2D eigenvalue weighted by Crippen LogP contribution is -2.20. The highest BCUT2D eigenvalue weighted by Crippen LogP contribution is 2.30. The third kappa shape index (κ3) is 4.16. The normalized spacial score (nSPS) is 11.9. The number of ether oxygens (including phenoxy) is 1. The fourth-order valence-electron chi connectivity index (χ4n) is 2.11. The second-order valence-corrected chi connectivity index (χ2v) is 6.05. The van der Waals surface area contributed by atoms with Crippen LogP contribution in [-0.2, 0) is 21.3 Å². The summed E-state index contributed by atoms with van der Waals surface area (Å²) >= 11 is 0. The maximum atomic E-state index is 11.8. The molecule has 21 heavy (non-hydrogen) atoms. The first kappa shape index (κ1) is 15.3. The Labute approximate surface area is 126 Å². The van der Waals surface area contributed by atoms with Crippen LogP contribution in [0.25, 0.3) is 11.1 Å². The van der Waals surface area contributed by atoms with Gasteiger partial charge in [-0.1, -0.05) is 42.5 Å². The molecule has 2 rings (SSSR count). The van der Waals surface area contributed by atoms with E-state index in [-0.39, 0.29) is 5.75 Å². The molecule has 5 heteroatoms. The van der Waals surface area contributed by atoms with Gasteiger partial charge >= 0.3 is 0 Å². The minimum absolute atomic E-state index is 0.112. The van der Waals surface area contributed by atoms with Crippen LogP contribution in [0, 0.1) is 0 Å². The maximum absolute atomic E-state index is 11.8. The fraction of sp³-hybridized carbons (Fsp3) is 0.188. The zero-order valence-corrected chi connectivity index (χ0v) is 12.6. The number of benzene rings is 2. The smallest absolute Gasteiger partial charge is 0.230 e. The van der Waals surface area contributed by atoms with Gasteiger partial charge in [-0.3, -0.25) is 9.00 Å². The average Bonchev–Trinajstić information content (AvgIpc) is 2.46. The third-order valence-corrected chi connectivity index (χ3v) is 4.24. The molecule has 0 heterocycles. The Morgan fingerprint density at radius 1 is 1.19 bits per heavy atom. The van der Waals surface area contributed by atoms with E-state index in [9.17, 15) is 9.00 Å². The Morgan fingerprint density at radius 2 is 1.95 bits per heavy atom. The molecule has 2 aromatic rings. The molecule has 0 saturated heterocycles. The topological polar surface area (TPSA) is 69.4 Å². The second kappa shape index (κ2) is 7.04. The minimum atomic E-state index is -1.28. The number of hydrogen-bond donors (Lipinski definition) is 1. The number of rotatable bonds is 6. The van der Waals surface area contributed by atoms with E-state index in [1.165, 1.54) is 0 Å². The third-order valence-electron chi connectivity index (χ3n) is 2.98. The molecule has 0 unspecified atom stereocenters. The molecule has 0 spiro atoms. The summed E-state index contributed by atoms with van der Waals surface area (Å²) in [5, 5.41) is 0. The molecule has 0 radical (unpaired) electrons. The molecule has 0 aliphatic heterocycles. The number of primary amides is 1. The van der Waals surface area contributed by atoms with Crippen molar-refractivity contribution in [3.8, 4) is 16.9 Å². The van der Waals surface area contributed by atoms with E-state index in [4.69, 9.17) is 10.5 Å². The first-order chi connectivity index (χ1) is 10.1. The zero-order chi connectivity index (χ0) is 15.2. The predicted molar refractivity (Wildman–Crippen MR) is 84.3 cm³/mol. The lowest BCUT2D eigenvalue weighted by atomic mass is 10.0. The highest BCUT2D eigenvalue weighted by atomic mass is 32.2. The summed E-state index contributed by atoms with van der Waals surface area (Å²) in [4.78, 5) is 10.8. The summed E-state index contributed by atoms with van der Waals surface area (Å²) in [6.07, 6.45) is 0. The van der Waals surface area contributed by atoms with Crippen LogP contribution in [0.5, 0.6) is 5.75 Å². The molecule has 2 aromatic carbocycles. The fourth-order valence-corrected chi connectivity index (χ4v) is 3.08. The van der Waals surface area contributed by atoms with Crippen LogP contribution in [0.4, 0.5) is 0 Å². The van der Waals surface area contributed by atoms with Crippen LogP contribution in [0.3, 0.4) is 0 Å². The Morgan fingerprint density at radius 3 is 2.67 bits per heavy atom. The molecule has 0 saturated carbocycles. The maximum Gasteiger partial charge on any atom is 0.230 e. The zero-order valence-electron chi connectivity index (χ0n) is 11.7. The number of nitrogens with two attached hydrogens (primary N) is 1. The molecular weight excluding hydrogens is 286 g/mol. The number of carbonyl (C=O) groups is 1. The van der Waals surface area contributed by atoms with E-state index in [0.29, 0.717) is 5.75 Å². The molecule has 4 nitrogen and oxygen atoms in total. The largest absolute Gasteiger partial charge is 0.496 e. The number of carbonyl (C=O) groups excluding carboxylic acids is 1. The van der Waals surface area contributed by atoms with Crippen LogP contribution >= 0.6 is 0 Å². The van der Waals surface area contributed by atoms with Gasteiger partial charge in [-0.25, -0.2) is 0 Å². The number of methoxy groups -OCH3 is 1. The van der Waals surface area contributed by atoms with Crippen molar-refractivity contribution in [2.75, 3.05) is 12.9 Å². The lowest BCUT2D eigenvalue weighted by molar-refractivity contribution is -0.115. The van der Waals surface area contributed by atoms with Crippen molar-refractivity contribution in [1.29, 1.82) is 0 Å². The summed E-state index contributed by atoms with van der Waals surface area (Å²) in [6, 6.07) is 15.4. The van der Waals surface area contributed by atoms with Crippen LogP contribution in [0.15, 0.2) is 48.5 Å². The molecule has 0 aliphatic carbocycles. The quantitative estimate of drug-likeness (QED) is 0.888. The summed E-state index contributed by atoms with van der Waals surface area (Å²) < 4.78 is 17.1. The van der Waals surface area contributed by atoms with Crippen molar-refractivity contribution in [1.82, 2.24) is 0 Å². The van der Waals surface area contributed by atoms with Crippen LogP contribution in [0.1, 0.15) is 5.56 Å². The van der Waals surface area contributed by atoms with E-state index in [1.807, 2.05) is 48.5 Å². The van der Waals surface area contributed by atoms with Crippen LogP contribution in [0.2, 0.25) is 0 Å². The summed E-state index contributed by atoms with van der Waals surface area (Å²) in [7, 11) is 0.351. The molecule has 0 aromatic heterocycles. The highest BCUT2D eigenvalue weighted by molar-refractivity contribution is 7.84. The SMILES string of the molecule is COc1ccccc1-c1cccc(C[S@](=O)CC(N)=O)c1. The molecule has 0 bridgehead atoms. The Balaban J connectivity index is 2.25. The van der Waals surface area contributed by atoms with Crippen molar-refractivity contribution in [3.05, 3.63) is 54.1 Å². The first-order valence-electron chi connectivity index (χ1n) is 6.46. The van der Waals surface area contributed by atoms with E-state index in [0.717, 1.165) is 22.4 Å². The second-order valence-electron chi connectivity index (χ2n) is 4.60. The molecular formula is C16H17NO3S. The molecule has 110 valence electrons. The van der Waals surface area contributed by atoms with Gasteiger partial charge in [0.15, 0.2) is 0 Å². The first-order valence-corrected chi connectivity index (χ1v) is 7.94. The summed E-state index contributed by atoms with van der Waals surface area (Å²) in [5.41, 5.74) is 7.92. The van der Waals surface area contributed by atoms with Gasteiger partial charge in [0.05, 0.1) is 7.11 Å². The van der Waals surface area contributed by atoms with Crippen LogP contribution in [-0.4, -0.2) is 23.0 Å². The van der Waals surface area contributed by atoms with E-state index in [1.54, 1.807) is 7.11 Å². The molecule has 1 atom stereocenters. The van der Waals surface area contributed by atoms with Gasteiger partial charge in [0.2, 0.25) is 5.91 Å². The van der Waals surface area contributed by atoms with Gasteiger partial charge in [-0.05, 0) is 17.2 Å².